The Hall–Kier alpha value is -4.03. The van der Waals surface area contributed by atoms with Gasteiger partial charge in [-0.1, -0.05) is 66.7 Å². The van der Waals surface area contributed by atoms with Crippen LogP contribution in [0.25, 0.3) is 11.1 Å². The van der Waals surface area contributed by atoms with Crippen LogP contribution in [0.3, 0.4) is 0 Å². The molecule has 3 nitrogen and oxygen atoms in total. The number of ether oxygens (including phenoxy) is 3. The number of aryl methyl sites for hydroxylation is 2. The lowest BCUT2D eigenvalue weighted by Crippen LogP contribution is -2.25. The Kier molecular flexibility index (Phi) is 10.4. The molecule has 2 aliphatic rings. The predicted molar refractivity (Wildman–Crippen MR) is 177 cm³/mol. The molecule has 1 heterocycles. The molecule has 0 N–H and O–H groups in total. The number of fused-ring (bicyclic) bond motifs is 1. The topological polar surface area (TPSA) is 27.7 Å². The zero-order valence-corrected chi connectivity index (χ0v) is 26.2. The number of benzene rings is 4. The molecular formula is C40H41F3O3. The van der Waals surface area contributed by atoms with Gasteiger partial charge in [0.2, 0.25) is 0 Å². The molecule has 1 unspecified atom stereocenters. The highest BCUT2D eigenvalue weighted by atomic mass is 19.4. The molecule has 0 saturated carbocycles. The average molecular weight is 627 g/mol. The first-order valence-corrected chi connectivity index (χ1v) is 16.5. The largest absolute Gasteiger partial charge is 0.494 e. The maximum atomic E-state index is 13.0. The number of halogens is 3. The molecule has 0 bridgehead atoms. The molecule has 0 amide bonds. The number of alkyl halides is 3. The van der Waals surface area contributed by atoms with E-state index in [1.165, 1.54) is 40.0 Å². The first-order chi connectivity index (χ1) is 22.4. The van der Waals surface area contributed by atoms with E-state index < -0.39 is 11.7 Å². The van der Waals surface area contributed by atoms with Gasteiger partial charge in [0, 0.05) is 6.42 Å². The Bertz CT molecular complexity index is 1600. The maximum Gasteiger partial charge on any atom is 0.416 e. The molecule has 4 aromatic carbocycles. The maximum absolute atomic E-state index is 13.0. The lowest BCUT2D eigenvalue weighted by molar-refractivity contribution is -0.137. The Morgan fingerprint density at radius 3 is 2.33 bits per heavy atom. The second-order valence-corrected chi connectivity index (χ2v) is 12.2. The number of allylic oxidation sites excluding steroid dienone is 1. The Labute approximate surface area is 270 Å². The molecule has 1 saturated heterocycles. The van der Waals surface area contributed by atoms with Crippen LogP contribution in [0.15, 0.2) is 97.1 Å². The average Bonchev–Trinajstić information content (AvgIpc) is 3.27. The van der Waals surface area contributed by atoms with Gasteiger partial charge >= 0.3 is 6.18 Å². The van der Waals surface area contributed by atoms with Gasteiger partial charge in [0.05, 0.1) is 18.8 Å². The molecule has 4 aromatic rings. The Morgan fingerprint density at radius 2 is 1.54 bits per heavy atom. The van der Waals surface area contributed by atoms with E-state index >= 15 is 0 Å². The molecule has 6 heteroatoms. The standard InChI is InChI=1S/C40H41F3O3/c41-40(42,43)33-16-9-12-29(27-33)11-3-2-7-25-44-34-21-19-31(20-22-34)39-36(30-13-4-1-5-14-30)17-10-15-32-28-35(23-24-37(32)39)46-38-18-6-8-26-45-38/h1,4-5,9,12-14,16,19-24,27-28,38H,2-3,6-8,10-11,15,17-18,25-26H2. The summed E-state index contributed by atoms with van der Waals surface area (Å²) in [6, 6.07) is 31.1. The molecule has 1 aliphatic carbocycles. The van der Waals surface area contributed by atoms with Crippen LogP contribution in [0.5, 0.6) is 11.5 Å². The van der Waals surface area contributed by atoms with Crippen molar-refractivity contribution in [2.45, 2.75) is 76.7 Å². The van der Waals surface area contributed by atoms with E-state index in [1.807, 2.05) is 12.1 Å². The van der Waals surface area contributed by atoms with Crippen LogP contribution in [0.1, 0.15) is 84.7 Å². The third-order valence-electron chi connectivity index (χ3n) is 8.82. The summed E-state index contributed by atoms with van der Waals surface area (Å²) in [5, 5.41) is 0. The molecule has 240 valence electrons. The minimum Gasteiger partial charge on any atom is -0.494 e. The summed E-state index contributed by atoms with van der Waals surface area (Å²) in [5.41, 5.74) is 7.66. The summed E-state index contributed by atoms with van der Waals surface area (Å²) >= 11 is 0. The van der Waals surface area contributed by atoms with E-state index in [4.69, 9.17) is 14.2 Å². The fourth-order valence-corrected chi connectivity index (χ4v) is 6.47. The van der Waals surface area contributed by atoms with Crippen molar-refractivity contribution < 1.29 is 27.4 Å². The van der Waals surface area contributed by atoms with E-state index in [0.29, 0.717) is 13.0 Å². The van der Waals surface area contributed by atoms with E-state index in [2.05, 4.69) is 60.7 Å². The Morgan fingerprint density at radius 1 is 0.717 bits per heavy atom. The van der Waals surface area contributed by atoms with E-state index in [9.17, 15) is 13.2 Å². The molecular weight excluding hydrogens is 585 g/mol. The molecule has 46 heavy (non-hydrogen) atoms. The highest BCUT2D eigenvalue weighted by molar-refractivity contribution is 6.00. The molecule has 1 fully saturated rings. The highest BCUT2D eigenvalue weighted by Gasteiger charge is 2.30. The van der Waals surface area contributed by atoms with Crippen LogP contribution < -0.4 is 9.47 Å². The summed E-state index contributed by atoms with van der Waals surface area (Å²) < 4.78 is 57.1. The van der Waals surface area contributed by atoms with Gasteiger partial charge in [-0.05, 0) is 127 Å². The van der Waals surface area contributed by atoms with Gasteiger partial charge in [0.25, 0.3) is 0 Å². The zero-order valence-electron chi connectivity index (χ0n) is 26.2. The van der Waals surface area contributed by atoms with Crippen LogP contribution in [-0.2, 0) is 23.8 Å². The number of hydrogen-bond donors (Lipinski definition) is 0. The fraction of sp³-hybridized carbons (Fsp3) is 0.350. The smallest absolute Gasteiger partial charge is 0.416 e. The third-order valence-corrected chi connectivity index (χ3v) is 8.82. The Balaban J connectivity index is 1.12. The van der Waals surface area contributed by atoms with Crippen molar-refractivity contribution in [3.05, 3.63) is 130 Å². The molecule has 0 radical (unpaired) electrons. The third kappa shape index (κ3) is 8.21. The quantitative estimate of drug-likeness (QED) is 0.155. The summed E-state index contributed by atoms with van der Waals surface area (Å²) in [6.07, 6.45) is 4.86. The molecule has 0 aromatic heterocycles. The van der Waals surface area contributed by atoms with E-state index in [0.717, 1.165) is 93.1 Å². The molecule has 1 aliphatic heterocycles. The number of rotatable bonds is 11. The van der Waals surface area contributed by atoms with Gasteiger partial charge in [-0.15, -0.1) is 0 Å². The predicted octanol–water partition coefficient (Wildman–Crippen LogP) is 10.7. The summed E-state index contributed by atoms with van der Waals surface area (Å²) in [5.74, 6) is 1.68. The summed E-state index contributed by atoms with van der Waals surface area (Å²) in [6.45, 7) is 1.32. The van der Waals surface area contributed by atoms with Crippen molar-refractivity contribution in [1.29, 1.82) is 0 Å². The van der Waals surface area contributed by atoms with Crippen molar-refractivity contribution in [3.63, 3.8) is 0 Å². The van der Waals surface area contributed by atoms with Crippen molar-refractivity contribution in [1.82, 2.24) is 0 Å². The molecule has 6 rings (SSSR count). The minimum absolute atomic E-state index is 0.171. The molecule has 0 spiro atoms. The minimum atomic E-state index is -4.30. The second kappa shape index (κ2) is 15.0. The number of unbranched alkanes of at least 4 members (excludes halogenated alkanes) is 2. The molecule has 1 atom stereocenters. The van der Waals surface area contributed by atoms with Crippen molar-refractivity contribution in [3.8, 4) is 11.5 Å². The van der Waals surface area contributed by atoms with Crippen molar-refractivity contribution in [2.24, 2.45) is 0 Å². The first kappa shape index (κ1) is 31.9. The van der Waals surface area contributed by atoms with Crippen LogP contribution in [-0.4, -0.2) is 19.5 Å². The second-order valence-electron chi connectivity index (χ2n) is 12.2. The van der Waals surface area contributed by atoms with Gasteiger partial charge in [0.15, 0.2) is 6.29 Å². The number of hydrogen-bond acceptors (Lipinski definition) is 3. The van der Waals surface area contributed by atoms with Gasteiger partial charge in [-0.3, -0.25) is 0 Å². The lowest BCUT2D eigenvalue weighted by atomic mass is 9.88. The first-order valence-electron chi connectivity index (χ1n) is 16.5. The summed E-state index contributed by atoms with van der Waals surface area (Å²) in [7, 11) is 0. The van der Waals surface area contributed by atoms with Crippen molar-refractivity contribution >= 4 is 11.1 Å². The van der Waals surface area contributed by atoms with Crippen LogP contribution >= 0.6 is 0 Å². The van der Waals surface area contributed by atoms with Crippen LogP contribution in [0.4, 0.5) is 13.2 Å². The van der Waals surface area contributed by atoms with E-state index in [-0.39, 0.29) is 6.29 Å². The van der Waals surface area contributed by atoms with E-state index in [1.54, 1.807) is 6.07 Å². The van der Waals surface area contributed by atoms with Gasteiger partial charge in [-0.25, -0.2) is 0 Å². The normalized spacial score (nSPS) is 16.9. The van der Waals surface area contributed by atoms with Crippen LogP contribution in [0, 0.1) is 0 Å². The fourth-order valence-electron chi connectivity index (χ4n) is 6.47. The summed E-state index contributed by atoms with van der Waals surface area (Å²) in [4.78, 5) is 0. The highest BCUT2D eigenvalue weighted by Crippen LogP contribution is 2.41. The van der Waals surface area contributed by atoms with Crippen molar-refractivity contribution in [2.75, 3.05) is 13.2 Å². The van der Waals surface area contributed by atoms with Crippen LogP contribution in [0.2, 0.25) is 0 Å². The van der Waals surface area contributed by atoms with Gasteiger partial charge in [-0.2, -0.15) is 13.2 Å². The van der Waals surface area contributed by atoms with Gasteiger partial charge < -0.3 is 14.2 Å². The lowest BCUT2D eigenvalue weighted by Gasteiger charge is -2.24. The van der Waals surface area contributed by atoms with Gasteiger partial charge in [0.1, 0.15) is 11.5 Å². The SMILES string of the molecule is FC(F)(F)c1cccc(CCCCCOc2ccc(C3=C(c4ccccc4)CCCc4cc(OC5CCCCO5)ccc43)cc2)c1. The monoisotopic (exact) mass is 626 g/mol. The zero-order chi connectivity index (χ0) is 31.8.